The fourth-order valence-corrected chi connectivity index (χ4v) is 1.31. The molecule has 92 valence electrons. The van der Waals surface area contributed by atoms with Crippen LogP contribution in [-0.2, 0) is 4.79 Å². The summed E-state index contributed by atoms with van der Waals surface area (Å²) < 4.78 is 0. The first-order valence-electron chi connectivity index (χ1n) is 5.22. The number of aromatic hydroxyl groups is 1. The first-order chi connectivity index (χ1) is 8.08. The van der Waals surface area contributed by atoms with Crippen LogP contribution in [-0.4, -0.2) is 46.9 Å². The topological polar surface area (TPSA) is 82.5 Å². The Bertz CT molecular complexity index is 420. The van der Waals surface area contributed by atoms with Crippen molar-refractivity contribution in [3.8, 4) is 5.75 Å². The quantitative estimate of drug-likeness (QED) is 0.772. The number of hydrogen-bond acceptors (Lipinski definition) is 4. The Balaban J connectivity index is 2.82. The average Bonchev–Trinajstić information content (AvgIpc) is 2.34. The molecule has 0 aliphatic heterocycles. The fourth-order valence-electron chi connectivity index (χ4n) is 1.31. The molecule has 2 N–H and O–H groups in total. The highest BCUT2D eigenvalue weighted by molar-refractivity contribution is 5.96. The molecular formula is C11H15N3O3. The van der Waals surface area contributed by atoms with Crippen molar-refractivity contribution in [2.75, 3.05) is 20.1 Å². The van der Waals surface area contributed by atoms with Gasteiger partial charge in [-0.25, -0.2) is 0 Å². The molecule has 6 heteroatoms. The number of nitrogens with one attached hydrogen (secondary N) is 1. The first kappa shape index (κ1) is 13.0. The largest absolute Gasteiger partial charge is 0.506 e. The predicted molar refractivity (Wildman–Crippen MR) is 61.5 cm³/mol. The summed E-state index contributed by atoms with van der Waals surface area (Å²) in [5.41, 5.74) is 0.260. The maximum Gasteiger partial charge on any atom is 0.256 e. The minimum atomic E-state index is -0.334. The van der Waals surface area contributed by atoms with Gasteiger partial charge in [0.25, 0.3) is 5.91 Å². The summed E-state index contributed by atoms with van der Waals surface area (Å²) in [5.74, 6) is -0.653. The van der Waals surface area contributed by atoms with Crippen molar-refractivity contribution in [1.29, 1.82) is 0 Å². The van der Waals surface area contributed by atoms with E-state index in [2.05, 4.69) is 10.3 Å². The molecule has 1 rings (SSSR count). The Morgan fingerprint density at radius 3 is 2.71 bits per heavy atom. The standard InChI is InChI=1S/C11H15N3O3/c1-3-14(7-10(16)12-2)11(17)8-4-9(15)6-13-5-8/h4-6,15H,3,7H2,1-2H3,(H,12,16). The summed E-state index contributed by atoms with van der Waals surface area (Å²) in [7, 11) is 1.51. The van der Waals surface area contributed by atoms with E-state index in [9.17, 15) is 14.7 Å². The normalized spacial score (nSPS) is 9.76. The van der Waals surface area contributed by atoms with Crippen molar-refractivity contribution in [2.24, 2.45) is 0 Å². The monoisotopic (exact) mass is 237 g/mol. The molecule has 0 saturated carbocycles. The van der Waals surface area contributed by atoms with E-state index >= 15 is 0 Å². The van der Waals surface area contributed by atoms with E-state index in [0.29, 0.717) is 6.54 Å². The van der Waals surface area contributed by atoms with Crippen molar-refractivity contribution < 1.29 is 14.7 Å². The molecule has 0 saturated heterocycles. The Hall–Kier alpha value is -2.11. The summed E-state index contributed by atoms with van der Waals surface area (Å²) in [5, 5.41) is 11.7. The number of hydrogen-bond donors (Lipinski definition) is 2. The number of aromatic nitrogens is 1. The van der Waals surface area contributed by atoms with E-state index in [4.69, 9.17) is 0 Å². The molecule has 1 aromatic rings. The van der Waals surface area contributed by atoms with Gasteiger partial charge < -0.3 is 15.3 Å². The highest BCUT2D eigenvalue weighted by Gasteiger charge is 2.17. The van der Waals surface area contributed by atoms with Crippen LogP contribution in [0.25, 0.3) is 0 Å². The summed E-state index contributed by atoms with van der Waals surface area (Å²) in [6.07, 6.45) is 2.60. The maximum absolute atomic E-state index is 12.0. The van der Waals surface area contributed by atoms with Crippen LogP contribution in [0.1, 0.15) is 17.3 Å². The molecule has 0 radical (unpaired) electrons. The van der Waals surface area contributed by atoms with Gasteiger partial charge in [-0.15, -0.1) is 0 Å². The van der Waals surface area contributed by atoms with Crippen molar-refractivity contribution >= 4 is 11.8 Å². The van der Waals surface area contributed by atoms with Gasteiger partial charge in [0, 0.05) is 19.8 Å². The molecule has 0 spiro atoms. The maximum atomic E-state index is 12.0. The van der Waals surface area contributed by atoms with E-state index in [1.165, 1.54) is 30.4 Å². The molecule has 17 heavy (non-hydrogen) atoms. The van der Waals surface area contributed by atoms with Gasteiger partial charge in [-0.05, 0) is 13.0 Å². The Morgan fingerprint density at radius 1 is 1.47 bits per heavy atom. The third-order valence-corrected chi connectivity index (χ3v) is 2.25. The van der Waals surface area contributed by atoms with Crippen LogP contribution >= 0.6 is 0 Å². The zero-order valence-corrected chi connectivity index (χ0v) is 9.80. The van der Waals surface area contributed by atoms with Gasteiger partial charge in [0.2, 0.25) is 5.91 Å². The van der Waals surface area contributed by atoms with Gasteiger partial charge >= 0.3 is 0 Å². The lowest BCUT2D eigenvalue weighted by Gasteiger charge is -2.19. The number of rotatable bonds is 4. The van der Waals surface area contributed by atoms with Gasteiger partial charge in [-0.1, -0.05) is 0 Å². The second-order valence-corrected chi connectivity index (χ2v) is 3.42. The molecule has 0 atom stereocenters. The molecule has 6 nitrogen and oxygen atoms in total. The van der Waals surface area contributed by atoms with Crippen molar-refractivity contribution in [3.05, 3.63) is 24.0 Å². The van der Waals surface area contributed by atoms with Crippen LogP contribution < -0.4 is 5.32 Å². The average molecular weight is 237 g/mol. The lowest BCUT2D eigenvalue weighted by atomic mass is 10.2. The molecule has 1 aromatic heterocycles. The first-order valence-corrected chi connectivity index (χ1v) is 5.22. The van der Waals surface area contributed by atoms with E-state index in [1.54, 1.807) is 6.92 Å². The minimum Gasteiger partial charge on any atom is -0.506 e. The van der Waals surface area contributed by atoms with Crippen molar-refractivity contribution in [1.82, 2.24) is 15.2 Å². The number of carbonyl (C=O) groups is 2. The highest BCUT2D eigenvalue weighted by atomic mass is 16.3. The smallest absolute Gasteiger partial charge is 0.256 e. The van der Waals surface area contributed by atoms with Crippen LogP contribution in [0.4, 0.5) is 0 Å². The molecule has 2 amide bonds. The summed E-state index contributed by atoms with van der Waals surface area (Å²) in [6.45, 7) is 2.17. The number of carbonyl (C=O) groups excluding carboxylic acids is 2. The lowest BCUT2D eigenvalue weighted by molar-refractivity contribution is -0.121. The Morgan fingerprint density at radius 2 is 2.18 bits per heavy atom. The van der Waals surface area contributed by atoms with Crippen LogP contribution in [0, 0.1) is 0 Å². The summed E-state index contributed by atoms with van der Waals surface area (Å²) >= 11 is 0. The molecule has 0 bridgehead atoms. The molecule has 0 fully saturated rings. The lowest BCUT2D eigenvalue weighted by Crippen LogP contribution is -2.39. The van der Waals surface area contributed by atoms with E-state index in [-0.39, 0.29) is 29.7 Å². The van der Waals surface area contributed by atoms with E-state index in [0.717, 1.165) is 0 Å². The van der Waals surface area contributed by atoms with Gasteiger partial charge in [-0.2, -0.15) is 0 Å². The number of amides is 2. The summed E-state index contributed by atoms with van der Waals surface area (Å²) in [4.78, 5) is 28.3. The van der Waals surface area contributed by atoms with Crippen molar-refractivity contribution in [3.63, 3.8) is 0 Å². The molecule has 0 unspecified atom stereocenters. The minimum absolute atomic E-state index is 0.0124. The third kappa shape index (κ3) is 3.44. The number of likely N-dealkylation sites (N-methyl/N-ethyl adjacent to an activating group) is 2. The Kier molecular flexibility index (Phi) is 4.45. The predicted octanol–water partition coefficient (Wildman–Crippen LogP) is -0.00470. The zero-order chi connectivity index (χ0) is 12.8. The van der Waals surface area contributed by atoms with Gasteiger partial charge in [0.05, 0.1) is 18.3 Å². The second-order valence-electron chi connectivity index (χ2n) is 3.42. The SMILES string of the molecule is CCN(CC(=O)NC)C(=O)c1cncc(O)c1. The van der Waals surface area contributed by atoms with Gasteiger partial charge in [0.1, 0.15) is 5.75 Å². The van der Waals surface area contributed by atoms with Crippen LogP contribution in [0.3, 0.4) is 0 Å². The van der Waals surface area contributed by atoms with E-state index < -0.39 is 0 Å². The zero-order valence-electron chi connectivity index (χ0n) is 9.80. The molecule has 0 aliphatic rings. The van der Waals surface area contributed by atoms with Crippen LogP contribution in [0.5, 0.6) is 5.75 Å². The second kappa shape index (κ2) is 5.83. The van der Waals surface area contributed by atoms with Crippen LogP contribution in [0.2, 0.25) is 0 Å². The highest BCUT2D eigenvalue weighted by Crippen LogP contribution is 2.10. The Labute approximate surface area is 99.3 Å². The fraction of sp³-hybridized carbons (Fsp3) is 0.364. The molecule has 1 heterocycles. The number of nitrogens with zero attached hydrogens (tertiary/aromatic N) is 2. The van der Waals surface area contributed by atoms with Gasteiger partial charge in [-0.3, -0.25) is 14.6 Å². The molecule has 0 aliphatic carbocycles. The molecular weight excluding hydrogens is 222 g/mol. The number of pyridine rings is 1. The molecule has 0 aromatic carbocycles. The van der Waals surface area contributed by atoms with E-state index in [1.807, 2.05) is 0 Å². The van der Waals surface area contributed by atoms with Gasteiger partial charge in [0.15, 0.2) is 0 Å². The summed E-state index contributed by atoms with van der Waals surface area (Å²) in [6, 6.07) is 1.32. The van der Waals surface area contributed by atoms with Crippen LogP contribution in [0.15, 0.2) is 18.5 Å². The third-order valence-electron chi connectivity index (χ3n) is 2.25. The van der Waals surface area contributed by atoms with Crippen molar-refractivity contribution in [2.45, 2.75) is 6.92 Å².